The Morgan fingerprint density at radius 2 is 2.18 bits per heavy atom. The van der Waals surface area contributed by atoms with E-state index < -0.39 is 0 Å². The van der Waals surface area contributed by atoms with Crippen molar-refractivity contribution in [2.75, 3.05) is 17.2 Å². The van der Waals surface area contributed by atoms with Gasteiger partial charge in [0, 0.05) is 10.2 Å². The second-order valence-corrected chi connectivity index (χ2v) is 5.52. The Morgan fingerprint density at radius 1 is 1.32 bits per heavy atom. The fraction of sp³-hybridized carbons (Fsp3) is 0.154. The first-order valence-electron chi connectivity index (χ1n) is 6.47. The van der Waals surface area contributed by atoms with Gasteiger partial charge in [-0.05, 0) is 53.2 Å². The molecule has 2 heterocycles. The van der Waals surface area contributed by atoms with E-state index >= 15 is 0 Å². The maximum Gasteiger partial charge on any atom is 0.243 e. The fourth-order valence-electron chi connectivity index (χ4n) is 1.88. The number of aryl methyl sites for hydroxylation is 1. The third kappa shape index (κ3) is 3.19. The molecule has 0 saturated carbocycles. The molecule has 0 aliphatic carbocycles. The van der Waals surface area contributed by atoms with Gasteiger partial charge >= 0.3 is 0 Å². The van der Waals surface area contributed by atoms with Crippen molar-refractivity contribution in [1.29, 1.82) is 0 Å². The highest BCUT2D eigenvalue weighted by Crippen LogP contribution is 2.19. The first-order valence-corrected chi connectivity index (χ1v) is 7.26. The van der Waals surface area contributed by atoms with Gasteiger partial charge in [-0.25, -0.2) is 0 Å². The molecule has 112 valence electrons. The molecule has 0 aliphatic rings. The lowest BCUT2D eigenvalue weighted by Gasteiger charge is -2.09. The summed E-state index contributed by atoms with van der Waals surface area (Å²) in [6, 6.07) is 9.10. The van der Waals surface area contributed by atoms with Crippen molar-refractivity contribution in [3.8, 4) is 0 Å². The van der Waals surface area contributed by atoms with E-state index in [1.807, 2.05) is 25.1 Å². The van der Waals surface area contributed by atoms with Gasteiger partial charge in [-0.1, -0.05) is 15.9 Å². The van der Waals surface area contributed by atoms with Crippen molar-refractivity contribution < 1.29 is 4.79 Å². The number of aromatic nitrogens is 5. The SMILES string of the molecule is Cc1cc(Br)ccc1NC(=O)CNc1ccc2nnnn2n1. The van der Waals surface area contributed by atoms with E-state index in [1.165, 1.54) is 4.63 Å². The molecular weight excluding hydrogens is 350 g/mol. The van der Waals surface area contributed by atoms with Crippen LogP contribution in [0.5, 0.6) is 0 Å². The zero-order chi connectivity index (χ0) is 15.5. The predicted octanol–water partition coefficient (Wildman–Crippen LogP) is 1.64. The number of carbonyl (C=O) groups excluding carboxylic acids is 1. The second kappa shape index (κ2) is 6.06. The van der Waals surface area contributed by atoms with Crippen LogP contribution < -0.4 is 10.6 Å². The number of hydrogen-bond donors (Lipinski definition) is 2. The number of rotatable bonds is 4. The number of hydrogen-bond acceptors (Lipinski definition) is 6. The standard InChI is InChI=1S/C13H12BrN7O/c1-8-6-9(14)2-3-10(8)16-13(22)7-15-11-4-5-12-17-19-20-21(12)18-11/h2-6H,7H2,1H3,(H,15,18)(H,16,22). The number of tetrazole rings is 1. The van der Waals surface area contributed by atoms with Crippen molar-refractivity contribution in [1.82, 2.24) is 25.3 Å². The summed E-state index contributed by atoms with van der Waals surface area (Å²) < 4.78 is 2.26. The molecule has 0 saturated heterocycles. The number of fused-ring (bicyclic) bond motifs is 1. The Morgan fingerprint density at radius 3 is 3.00 bits per heavy atom. The molecule has 3 rings (SSSR count). The van der Waals surface area contributed by atoms with E-state index in [1.54, 1.807) is 12.1 Å². The van der Waals surface area contributed by atoms with Gasteiger partial charge < -0.3 is 10.6 Å². The lowest BCUT2D eigenvalue weighted by atomic mass is 10.2. The third-order valence-electron chi connectivity index (χ3n) is 2.96. The van der Waals surface area contributed by atoms with Gasteiger partial charge in [0.25, 0.3) is 0 Å². The van der Waals surface area contributed by atoms with E-state index in [9.17, 15) is 4.79 Å². The normalized spacial score (nSPS) is 10.6. The van der Waals surface area contributed by atoms with Crippen LogP contribution in [0.3, 0.4) is 0 Å². The number of anilines is 2. The van der Waals surface area contributed by atoms with E-state index in [2.05, 4.69) is 47.2 Å². The summed E-state index contributed by atoms with van der Waals surface area (Å²) in [5.74, 6) is 0.353. The Kier molecular flexibility index (Phi) is 3.96. The van der Waals surface area contributed by atoms with Crippen molar-refractivity contribution in [2.45, 2.75) is 6.92 Å². The average molecular weight is 362 g/mol. The third-order valence-corrected chi connectivity index (χ3v) is 3.46. The van der Waals surface area contributed by atoms with Crippen molar-refractivity contribution in [3.63, 3.8) is 0 Å². The molecule has 8 nitrogen and oxygen atoms in total. The number of nitrogens with one attached hydrogen (secondary N) is 2. The van der Waals surface area contributed by atoms with E-state index in [-0.39, 0.29) is 12.5 Å². The van der Waals surface area contributed by atoms with Gasteiger partial charge in [-0.2, -0.15) is 0 Å². The summed E-state index contributed by atoms with van der Waals surface area (Å²) in [7, 11) is 0. The maximum atomic E-state index is 12.0. The zero-order valence-electron chi connectivity index (χ0n) is 11.6. The van der Waals surface area contributed by atoms with Gasteiger partial charge in [0.1, 0.15) is 5.82 Å². The summed E-state index contributed by atoms with van der Waals surface area (Å²) in [5.41, 5.74) is 2.30. The Balaban J connectivity index is 1.62. The molecule has 0 unspecified atom stereocenters. The molecule has 22 heavy (non-hydrogen) atoms. The molecule has 0 bridgehead atoms. The monoisotopic (exact) mass is 361 g/mol. The molecule has 1 aromatic carbocycles. The van der Waals surface area contributed by atoms with Crippen LogP contribution in [0.2, 0.25) is 0 Å². The van der Waals surface area contributed by atoms with Gasteiger partial charge in [0.15, 0.2) is 5.65 Å². The van der Waals surface area contributed by atoms with Gasteiger partial charge in [0.2, 0.25) is 5.91 Å². The van der Waals surface area contributed by atoms with Crippen molar-refractivity contribution >= 4 is 39.0 Å². The Hall–Kier alpha value is -2.55. The lowest BCUT2D eigenvalue weighted by Crippen LogP contribution is -2.22. The molecule has 2 aromatic heterocycles. The highest BCUT2D eigenvalue weighted by atomic mass is 79.9. The number of carbonyl (C=O) groups is 1. The second-order valence-electron chi connectivity index (χ2n) is 4.61. The van der Waals surface area contributed by atoms with Crippen LogP contribution in [0.1, 0.15) is 5.56 Å². The van der Waals surface area contributed by atoms with E-state index in [0.29, 0.717) is 11.5 Å². The van der Waals surface area contributed by atoms with E-state index in [4.69, 9.17) is 0 Å². The lowest BCUT2D eigenvalue weighted by molar-refractivity contribution is -0.114. The molecule has 0 radical (unpaired) electrons. The minimum Gasteiger partial charge on any atom is -0.360 e. The topological polar surface area (TPSA) is 97.1 Å². The Bertz CT molecular complexity index is 832. The van der Waals surface area contributed by atoms with Crippen LogP contribution in [-0.4, -0.2) is 37.7 Å². The van der Waals surface area contributed by atoms with Gasteiger partial charge in [0.05, 0.1) is 6.54 Å². The first-order chi connectivity index (χ1) is 10.6. The van der Waals surface area contributed by atoms with Crippen LogP contribution in [-0.2, 0) is 4.79 Å². The van der Waals surface area contributed by atoms with Gasteiger partial charge in [-0.3, -0.25) is 4.79 Å². The number of nitrogens with zero attached hydrogens (tertiary/aromatic N) is 5. The summed E-state index contributed by atoms with van der Waals surface area (Å²) in [4.78, 5) is 12.0. The summed E-state index contributed by atoms with van der Waals surface area (Å²) in [6.45, 7) is 2.02. The minimum absolute atomic E-state index is 0.0934. The van der Waals surface area contributed by atoms with Crippen LogP contribution in [0.25, 0.3) is 5.65 Å². The molecule has 9 heteroatoms. The largest absolute Gasteiger partial charge is 0.360 e. The molecule has 0 aliphatic heterocycles. The molecule has 3 aromatic rings. The van der Waals surface area contributed by atoms with Crippen LogP contribution in [0, 0.1) is 6.92 Å². The quantitative estimate of drug-likeness (QED) is 0.733. The number of amides is 1. The highest BCUT2D eigenvalue weighted by molar-refractivity contribution is 9.10. The molecule has 1 amide bonds. The predicted molar refractivity (Wildman–Crippen MR) is 84.6 cm³/mol. The number of halogens is 1. The molecule has 0 atom stereocenters. The zero-order valence-corrected chi connectivity index (χ0v) is 13.2. The van der Waals surface area contributed by atoms with Crippen LogP contribution >= 0.6 is 15.9 Å². The molecular formula is C13H12BrN7O. The summed E-state index contributed by atoms with van der Waals surface area (Å²) in [5, 5.41) is 20.8. The van der Waals surface area contributed by atoms with Crippen LogP contribution in [0.15, 0.2) is 34.8 Å². The highest BCUT2D eigenvalue weighted by Gasteiger charge is 2.06. The summed E-state index contributed by atoms with van der Waals surface area (Å²) >= 11 is 3.39. The minimum atomic E-state index is -0.163. The number of benzene rings is 1. The van der Waals surface area contributed by atoms with E-state index in [0.717, 1.165) is 15.7 Å². The molecule has 2 N–H and O–H groups in total. The molecule has 0 fully saturated rings. The first kappa shape index (κ1) is 14.4. The average Bonchev–Trinajstić information content (AvgIpc) is 2.95. The Labute approximate surface area is 134 Å². The fourth-order valence-corrected chi connectivity index (χ4v) is 2.35. The van der Waals surface area contributed by atoms with Crippen molar-refractivity contribution in [3.05, 3.63) is 40.4 Å². The van der Waals surface area contributed by atoms with Gasteiger partial charge in [-0.15, -0.1) is 14.8 Å². The summed E-state index contributed by atoms with van der Waals surface area (Å²) in [6.07, 6.45) is 0. The maximum absolute atomic E-state index is 12.0. The van der Waals surface area contributed by atoms with Crippen molar-refractivity contribution in [2.24, 2.45) is 0 Å². The molecule has 0 spiro atoms. The van der Waals surface area contributed by atoms with Crippen LogP contribution in [0.4, 0.5) is 11.5 Å². The smallest absolute Gasteiger partial charge is 0.243 e.